The Labute approximate surface area is 122 Å². The molecular formula is C14H18N2O5. The zero-order valence-corrected chi connectivity index (χ0v) is 12.3. The summed E-state index contributed by atoms with van der Waals surface area (Å²) in [6.07, 6.45) is 0.256. The molecule has 0 amide bonds. The standard InChI is InChI=1S/C14H18N2O5/c1-10-6-7-11(2)13(9-10)5-4-8-14(12(3)17,15(18)19)16(20)21/h6-7,9H,4-5,8H2,1-3H3. The number of Topliss-reactive ketones (excluding diaryl/α,β-unsaturated/α-hetero) is 1. The average molecular weight is 294 g/mol. The molecule has 0 N–H and O–H groups in total. The maximum absolute atomic E-state index is 11.4. The Morgan fingerprint density at radius 3 is 2.24 bits per heavy atom. The van der Waals surface area contributed by atoms with Crippen molar-refractivity contribution in [2.24, 2.45) is 0 Å². The van der Waals surface area contributed by atoms with E-state index in [4.69, 9.17) is 0 Å². The number of rotatable bonds is 7. The van der Waals surface area contributed by atoms with Gasteiger partial charge in [-0.15, -0.1) is 0 Å². The van der Waals surface area contributed by atoms with Crippen LogP contribution in [0.1, 0.15) is 36.5 Å². The van der Waals surface area contributed by atoms with Gasteiger partial charge in [0.1, 0.15) is 9.85 Å². The van der Waals surface area contributed by atoms with Crippen molar-refractivity contribution in [1.29, 1.82) is 0 Å². The number of carbonyl (C=O) groups is 1. The molecular weight excluding hydrogens is 276 g/mol. The van der Waals surface area contributed by atoms with Crippen molar-refractivity contribution < 1.29 is 14.6 Å². The number of ketones is 1. The fourth-order valence-corrected chi connectivity index (χ4v) is 2.28. The first-order valence-electron chi connectivity index (χ1n) is 6.58. The number of nitro groups is 2. The first-order valence-corrected chi connectivity index (χ1v) is 6.58. The van der Waals surface area contributed by atoms with Crippen molar-refractivity contribution in [1.82, 2.24) is 0 Å². The van der Waals surface area contributed by atoms with Gasteiger partial charge in [-0.05, 0) is 37.8 Å². The number of benzene rings is 1. The zero-order valence-electron chi connectivity index (χ0n) is 12.3. The molecule has 1 aromatic rings. The molecule has 0 aromatic heterocycles. The van der Waals surface area contributed by atoms with E-state index >= 15 is 0 Å². The Balaban J connectivity index is 2.88. The molecule has 1 rings (SSSR count). The minimum Gasteiger partial charge on any atom is -0.283 e. The van der Waals surface area contributed by atoms with Gasteiger partial charge < -0.3 is 0 Å². The second-order valence-electron chi connectivity index (χ2n) is 5.17. The van der Waals surface area contributed by atoms with E-state index in [0.29, 0.717) is 6.42 Å². The van der Waals surface area contributed by atoms with Crippen molar-refractivity contribution in [3.05, 3.63) is 55.1 Å². The second kappa shape index (κ2) is 6.43. The summed E-state index contributed by atoms with van der Waals surface area (Å²) in [6, 6.07) is 5.83. The molecule has 7 heteroatoms. The Morgan fingerprint density at radius 1 is 1.19 bits per heavy atom. The van der Waals surface area contributed by atoms with E-state index in [2.05, 4.69) is 0 Å². The van der Waals surface area contributed by atoms with E-state index in [1.54, 1.807) is 0 Å². The quantitative estimate of drug-likeness (QED) is 0.436. The molecule has 0 aliphatic rings. The third kappa shape index (κ3) is 3.42. The largest absolute Gasteiger partial charge is 0.515 e. The van der Waals surface area contributed by atoms with Crippen molar-refractivity contribution in [3.63, 3.8) is 0 Å². The van der Waals surface area contributed by atoms with Crippen LogP contribution in [0.25, 0.3) is 0 Å². The molecule has 1 aromatic carbocycles. The zero-order chi connectivity index (χ0) is 16.2. The van der Waals surface area contributed by atoms with Crippen molar-refractivity contribution in [3.8, 4) is 0 Å². The Morgan fingerprint density at radius 2 is 1.76 bits per heavy atom. The Bertz CT molecular complexity index is 547. The summed E-state index contributed by atoms with van der Waals surface area (Å²) >= 11 is 0. The number of carbonyl (C=O) groups excluding carboxylic acids is 1. The molecule has 0 unspecified atom stereocenters. The lowest BCUT2D eigenvalue weighted by atomic mass is 9.95. The summed E-state index contributed by atoms with van der Waals surface area (Å²) < 4.78 is 0. The van der Waals surface area contributed by atoms with E-state index < -0.39 is 27.7 Å². The second-order valence-corrected chi connectivity index (χ2v) is 5.17. The molecule has 0 atom stereocenters. The van der Waals surface area contributed by atoms with Gasteiger partial charge in [0.15, 0.2) is 0 Å². The van der Waals surface area contributed by atoms with Crippen LogP contribution in [0, 0.1) is 34.1 Å². The van der Waals surface area contributed by atoms with E-state index in [1.807, 2.05) is 32.0 Å². The van der Waals surface area contributed by atoms with Gasteiger partial charge in [-0.3, -0.25) is 25.0 Å². The number of hydrogen-bond donors (Lipinski definition) is 0. The summed E-state index contributed by atoms with van der Waals surface area (Å²) in [7, 11) is 0. The molecule has 0 radical (unpaired) electrons. The van der Waals surface area contributed by atoms with Crippen molar-refractivity contribution in [2.45, 2.75) is 45.7 Å². The monoisotopic (exact) mass is 294 g/mol. The smallest absolute Gasteiger partial charge is 0.283 e. The summed E-state index contributed by atoms with van der Waals surface area (Å²) in [5, 5.41) is 22.0. The predicted molar refractivity (Wildman–Crippen MR) is 76.3 cm³/mol. The van der Waals surface area contributed by atoms with Crippen molar-refractivity contribution in [2.75, 3.05) is 0 Å². The van der Waals surface area contributed by atoms with Gasteiger partial charge in [0.25, 0.3) is 5.78 Å². The first-order chi connectivity index (χ1) is 9.71. The Kier molecular flexibility index (Phi) is 5.12. The van der Waals surface area contributed by atoms with Gasteiger partial charge in [-0.25, -0.2) is 0 Å². The van der Waals surface area contributed by atoms with Crippen LogP contribution in [0.4, 0.5) is 0 Å². The van der Waals surface area contributed by atoms with Gasteiger partial charge in [-0.2, -0.15) is 0 Å². The minimum absolute atomic E-state index is 0.200. The number of hydrogen-bond acceptors (Lipinski definition) is 5. The van der Waals surface area contributed by atoms with E-state index in [1.165, 1.54) is 0 Å². The topological polar surface area (TPSA) is 103 Å². The fourth-order valence-electron chi connectivity index (χ4n) is 2.28. The molecule has 21 heavy (non-hydrogen) atoms. The lowest BCUT2D eigenvalue weighted by molar-refractivity contribution is -0.776. The molecule has 0 saturated heterocycles. The SMILES string of the molecule is CC(=O)C(CCCc1cc(C)ccc1C)([N+](=O)[O-])[N+](=O)[O-]. The van der Waals surface area contributed by atoms with Gasteiger partial charge >= 0.3 is 5.66 Å². The van der Waals surface area contributed by atoms with Gasteiger partial charge in [0.05, 0.1) is 6.42 Å². The third-order valence-electron chi connectivity index (χ3n) is 3.64. The van der Waals surface area contributed by atoms with Gasteiger partial charge in [-0.1, -0.05) is 23.8 Å². The minimum atomic E-state index is -2.72. The third-order valence-corrected chi connectivity index (χ3v) is 3.64. The van der Waals surface area contributed by atoms with Crippen LogP contribution in [0.5, 0.6) is 0 Å². The highest BCUT2D eigenvalue weighted by Gasteiger charge is 2.60. The number of aryl methyl sites for hydroxylation is 3. The molecule has 0 fully saturated rings. The molecule has 0 spiro atoms. The highest BCUT2D eigenvalue weighted by atomic mass is 16.7. The average Bonchev–Trinajstić information content (AvgIpc) is 2.37. The van der Waals surface area contributed by atoms with E-state index in [9.17, 15) is 25.0 Å². The van der Waals surface area contributed by atoms with E-state index in [0.717, 1.165) is 23.6 Å². The van der Waals surface area contributed by atoms with Crippen LogP contribution < -0.4 is 0 Å². The van der Waals surface area contributed by atoms with Crippen LogP contribution in [0.3, 0.4) is 0 Å². The summed E-state index contributed by atoms with van der Waals surface area (Å²) in [6.45, 7) is 4.73. The summed E-state index contributed by atoms with van der Waals surface area (Å²) in [5.74, 6) is -1.04. The molecule has 0 bridgehead atoms. The maximum atomic E-state index is 11.4. The van der Waals surface area contributed by atoms with Crippen LogP contribution in [-0.4, -0.2) is 21.3 Å². The highest BCUT2D eigenvalue weighted by Crippen LogP contribution is 2.22. The fraction of sp³-hybridized carbons (Fsp3) is 0.500. The Hall–Kier alpha value is -2.31. The van der Waals surface area contributed by atoms with Crippen LogP contribution >= 0.6 is 0 Å². The predicted octanol–water partition coefficient (Wildman–Crippen LogP) is 2.46. The number of nitrogens with zero attached hydrogens (tertiary/aromatic N) is 2. The molecule has 0 aliphatic heterocycles. The molecule has 0 saturated carbocycles. The lowest BCUT2D eigenvalue weighted by Crippen LogP contribution is -2.52. The normalized spacial score (nSPS) is 11.2. The molecule has 7 nitrogen and oxygen atoms in total. The van der Waals surface area contributed by atoms with Gasteiger partial charge in [0.2, 0.25) is 0 Å². The van der Waals surface area contributed by atoms with E-state index in [-0.39, 0.29) is 6.42 Å². The lowest BCUT2D eigenvalue weighted by Gasteiger charge is -2.14. The summed E-state index contributed by atoms with van der Waals surface area (Å²) in [5.41, 5.74) is 0.338. The molecule has 0 aliphatic carbocycles. The van der Waals surface area contributed by atoms with Crippen LogP contribution in [0.2, 0.25) is 0 Å². The molecule has 114 valence electrons. The van der Waals surface area contributed by atoms with Crippen molar-refractivity contribution >= 4 is 5.78 Å². The van der Waals surface area contributed by atoms with Crippen LogP contribution in [-0.2, 0) is 11.2 Å². The molecule has 0 heterocycles. The highest BCUT2D eigenvalue weighted by molar-refractivity contribution is 5.82. The van der Waals surface area contributed by atoms with Crippen LogP contribution in [0.15, 0.2) is 18.2 Å². The van der Waals surface area contributed by atoms with Gasteiger partial charge in [0, 0.05) is 6.92 Å². The maximum Gasteiger partial charge on any atom is 0.515 e. The first kappa shape index (κ1) is 16.7. The summed E-state index contributed by atoms with van der Waals surface area (Å²) in [4.78, 5) is 31.3.